The van der Waals surface area contributed by atoms with E-state index in [1.54, 1.807) is 67.6 Å². The summed E-state index contributed by atoms with van der Waals surface area (Å²) in [5.41, 5.74) is 2.72. The predicted octanol–water partition coefficient (Wildman–Crippen LogP) is 5.93. The van der Waals surface area contributed by atoms with Crippen LogP contribution in [0, 0.1) is 6.92 Å². The number of benzene rings is 4. The molecule has 4 rings (SSSR count). The number of hydrogen-bond acceptors (Lipinski definition) is 6. The Morgan fingerprint density at radius 3 is 2.12 bits per heavy atom. The van der Waals surface area contributed by atoms with Crippen LogP contribution in [0.1, 0.15) is 38.8 Å². The van der Waals surface area contributed by atoms with E-state index < -0.39 is 28.8 Å². The lowest BCUT2D eigenvalue weighted by atomic mass is 10.1. The Labute approximate surface area is 252 Å². The molecule has 0 aliphatic carbocycles. The van der Waals surface area contributed by atoms with Crippen molar-refractivity contribution in [3.05, 3.63) is 125 Å². The Morgan fingerprint density at radius 1 is 0.814 bits per heavy atom. The monoisotopic (exact) mass is 595 g/mol. The molecule has 0 aliphatic heterocycles. The summed E-state index contributed by atoms with van der Waals surface area (Å²) < 4.78 is 0. The molecule has 0 radical (unpaired) electrons. The van der Waals surface area contributed by atoms with Crippen LogP contribution in [0.5, 0.6) is 5.75 Å². The van der Waals surface area contributed by atoms with Crippen molar-refractivity contribution in [2.75, 3.05) is 10.6 Å². The van der Waals surface area contributed by atoms with Crippen molar-refractivity contribution < 1.29 is 29.4 Å². The fourth-order valence-corrected chi connectivity index (χ4v) is 4.74. The number of aromatic carboxylic acids is 1. The molecule has 0 saturated heterocycles. The minimum Gasteiger partial charge on any atom is -0.507 e. The highest BCUT2D eigenvalue weighted by atomic mass is 32.2. The molecule has 43 heavy (non-hydrogen) atoms. The largest absolute Gasteiger partial charge is 0.507 e. The standard InChI is InChI=1S/C33H29N3O6S/c1-20-8-10-22(11-9-20)18-28(36-31(39)23-6-4-3-5-7-23)32(40)34-24-12-15-26(16-13-24)43-21(2)30(38)35-25-14-17-29(37)27(19-25)33(41)42/h3-19,21,37H,1-2H3,(H,34,40)(H,35,38)(H,36,39)(H,41,42)/b28-18-. The zero-order chi connectivity index (χ0) is 30.9. The molecule has 218 valence electrons. The van der Waals surface area contributed by atoms with Crippen LogP contribution in [0.4, 0.5) is 11.4 Å². The van der Waals surface area contributed by atoms with E-state index in [0.717, 1.165) is 16.0 Å². The van der Waals surface area contributed by atoms with Crippen molar-refractivity contribution >= 4 is 52.9 Å². The normalized spacial score (nSPS) is 11.7. The maximum atomic E-state index is 13.3. The van der Waals surface area contributed by atoms with Crippen LogP contribution >= 0.6 is 11.8 Å². The van der Waals surface area contributed by atoms with E-state index in [2.05, 4.69) is 16.0 Å². The van der Waals surface area contributed by atoms with E-state index in [-0.39, 0.29) is 22.9 Å². The summed E-state index contributed by atoms with van der Waals surface area (Å²) in [6, 6.07) is 26.8. The number of carboxylic acid groups (broad SMARTS) is 1. The first kappa shape index (κ1) is 30.6. The van der Waals surface area contributed by atoms with Gasteiger partial charge in [0.15, 0.2) is 0 Å². The second-order valence-corrected chi connectivity index (χ2v) is 11.0. The number of carboxylic acids is 1. The average molecular weight is 596 g/mol. The number of carbonyl (C=O) groups excluding carboxylic acids is 3. The summed E-state index contributed by atoms with van der Waals surface area (Å²) in [4.78, 5) is 50.8. The van der Waals surface area contributed by atoms with Crippen LogP contribution in [-0.2, 0) is 9.59 Å². The zero-order valence-corrected chi connectivity index (χ0v) is 24.1. The van der Waals surface area contributed by atoms with Gasteiger partial charge in [0.2, 0.25) is 5.91 Å². The Balaban J connectivity index is 1.42. The summed E-state index contributed by atoms with van der Waals surface area (Å²) >= 11 is 1.27. The smallest absolute Gasteiger partial charge is 0.339 e. The molecule has 1 unspecified atom stereocenters. The first-order valence-electron chi connectivity index (χ1n) is 13.2. The summed E-state index contributed by atoms with van der Waals surface area (Å²) in [5, 5.41) is 26.5. The van der Waals surface area contributed by atoms with Crippen molar-refractivity contribution in [3.8, 4) is 5.75 Å². The Morgan fingerprint density at radius 2 is 1.47 bits per heavy atom. The second-order valence-electron chi connectivity index (χ2n) is 9.55. The van der Waals surface area contributed by atoms with E-state index in [0.29, 0.717) is 11.3 Å². The molecule has 0 aliphatic rings. The number of aromatic hydroxyl groups is 1. The lowest BCUT2D eigenvalue weighted by molar-refractivity contribution is -0.115. The number of aryl methyl sites for hydroxylation is 1. The lowest BCUT2D eigenvalue weighted by Gasteiger charge is -2.14. The van der Waals surface area contributed by atoms with Crippen LogP contribution in [0.2, 0.25) is 0 Å². The molecule has 0 bridgehead atoms. The van der Waals surface area contributed by atoms with Crippen molar-refractivity contribution in [3.63, 3.8) is 0 Å². The number of phenols is 1. The third-order valence-corrected chi connectivity index (χ3v) is 7.32. The molecule has 0 spiro atoms. The van der Waals surface area contributed by atoms with Gasteiger partial charge < -0.3 is 26.2 Å². The molecular weight excluding hydrogens is 566 g/mol. The van der Waals surface area contributed by atoms with Crippen LogP contribution in [-0.4, -0.2) is 39.2 Å². The van der Waals surface area contributed by atoms with Crippen LogP contribution in [0.25, 0.3) is 6.08 Å². The SMILES string of the molecule is Cc1ccc(/C=C(\NC(=O)c2ccccc2)C(=O)Nc2ccc(SC(C)C(=O)Nc3ccc(O)c(C(=O)O)c3)cc2)cc1. The Hall–Kier alpha value is -5.35. The summed E-state index contributed by atoms with van der Waals surface area (Å²) in [7, 11) is 0. The van der Waals surface area contributed by atoms with Gasteiger partial charge in [0.1, 0.15) is 17.0 Å². The van der Waals surface area contributed by atoms with Crippen molar-refractivity contribution in [2.45, 2.75) is 24.0 Å². The van der Waals surface area contributed by atoms with E-state index in [9.17, 15) is 29.4 Å². The first-order valence-corrected chi connectivity index (χ1v) is 14.1. The average Bonchev–Trinajstić information content (AvgIpc) is 3.00. The third kappa shape index (κ3) is 8.57. The number of anilines is 2. The van der Waals surface area contributed by atoms with Gasteiger partial charge in [0.25, 0.3) is 11.8 Å². The van der Waals surface area contributed by atoms with E-state index >= 15 is 0 Å². The lowest BCUT2D eigenvalue weighted by Crippen LogP contribution is -2.30. The fraction of sp³-hybridized carbons (Fsp3) is 0.0909. The van der Waals surface area contributed by atoms with Crippen LogP contribution in [0.15, 0.2) is 108 Å². The topological polar surface area (TPSA) is 145 Å². The summed E-state index contributed by atoms with van der Waals surface area (Å²) in [6.07, 6.45) is 1.60. The molecule has 0 fully saturated rings. The maximum Gasteiger partial charge on any atom is 0.339 e. The number of nitrogens with one attached hydrogen (secondary N) is 3. The molecule has 0 heterocycles. The molecule has 9 nitrogen and oxygen atoms in total. The Kier molecular flexibility index (Phi) is 9.98. The highest BCUT2D eigenvalue weighted by Gasteiger charge is 2.18. The maximum absolute atomic E-state index is 13.3. The summed E-state index contributed by atoms with van der Waals surface area (Å²) in [6.45, 7) is 3.66. The number of rotatable bonds is 10. The predicted molar refractivity (Wildman–Crippen MR) is 167 cm³/mol. The Bertz CT molecular complexity index is 1670. The molecule has 3 amide bonds. The quantitative estimate of drug-likeness (QED) is 0.0868. The molecule has 0 saturated carbocycles. The van der Waals surface area contributed by atoms with Gasteiger partial charge in [-0.05, 0) is 80.1 Å². The molecule has 10 heteroatoms. The van der Waals surface area contributed by atoms with Crippen LogP contribution in [0.3, 0.4) is 0 Å². The van der Waals surface area contributed by atoms with Gasteiger partial charge in [-0.15, -0.1) is 11.8 Å². The summed E-state index contributed by atoms with van der Waals surface area (Å²) in [5.74, 6) is -2.98. The third-order valence-electron chi connectivity index (χ3n) is 6.21. The van der Waals surface area contributed by atoms with E-state index in [4.69, 9.17) is 0 Å². The highest BCUT2D eigenvalue weighted by molar-refractivity contribution is 8.00. The molecule has 1 atom stereocenters. The molecule has 4 aromatic rings. The van der Waals surface area contributed by atoms with Gasteiger partial charge in [-0.1, -0.05) is 48.0 Å². The molecule has 0 aromatic heterocycles. The minimum absolute atomic E-state index is 0.0711. The first-order chi connectivity index (χ1) is 20.6. The van der Waals surface area contributed by atoms with E-state index in [1.807, 2.05) is 31.2 Å². The number of hydrogen-bond donors (Lipinski definition) is 5. The fourth-order valence-electron chi connectivity index (χ4n) is 3.87. The molecule has 5 N–H and O–H groups in total. The van der Waals surface area contributed by atoms with Gasteiger partial charge in [-0.2, -0.15) is 0 Å². The number of thioether (sulfide) groups is 1. The minimum atomic E-state index is -1.31. The zero-order valence-electron chi connectivity index (χ0n) is 23.3. The van der Waals surface area contributed by atoms with Gasteiger partial charge >= 0.3 is 5.97 Å². The van der Waals surface area contributed by atoms with E-state index in [1.165, 1.54) is 30.0 Å². The number of amides is 3. The molecule has 4 aromatic carbocycles. The van der Waals surface area contributed by atoms with Gasteiger partial charge in [0.05, 0.1) is 5.25 Å². The van der Waals surface area contributed by atoms with Gasteiger partial charge in [-0.3, -0.25) is 14.4 Å². The van der Waals surface area contributed by atoms with Crippen molar-refractivity contribution in [1.82, 2.24) is 5.32 Å². The van der Waals surface area contributed by atoms with Crippen molar-refractivity contribution in [2.24, 2.45) is 0 Å². The second kappa shape index (κ2) is 14.0. The van der Waals surface area contributed by atoms with Gasteiger partial charge in [0, 0.05) is 21.8 Å². The highest BCUT2D eigenvalue weighted by Crippen LogP contribution is 2.27. The number of carbonyl (C=O) groups is 4. The van der Waals surface area contributed by atoms with Crippen LogP contribution < -0.4 is 16.0 Å². The van der Waals surface area contributed by atoms with Crippen molar-refractivity contribution in [1.29, 1.82) is 0 Å². The van der Waals surface area contributed by atoms with Gasteiger partial charge in [-0.25, -0.2) is 4.79 Å². The molecular formula is C33H29N3O6S.